The third kappa shape index (κ3) is 10.4. The molecule has 0 aliphatic heterocycles. The van der Waals surface area contributed by atoms with Crippen LogP contribution in [0.5, 0.6) is 0 Å². The van der Waals surface area contributed by atoms with Gasteiger partial charge in [0.15, 0.2) is 11.6 Å². The molecule has 2 saturated carbocycles. The van der Waals surface area contributed by atoms with Crippen LogP contribution in [-0.4, -0.2) is 16.8 Å². The summed E-state index contributed by atoms with van der Waals surface area (Å²) in [6.07, 6.45) is 15.5. The predicted molar refractivity (Wildman–Crippen MR) is 272 cm³/mol. The third-order valence-electron chi connectivity index (χ3n) is 13.8. The van der Waals surface area contributed by atoms with Gasteiger partial charge in [0.2, 0.25) is 0 Å². The number of benzene rings is 6. The number of carbonyl (C=O) groups excluding carboxylic acids is 2. The van der Waals surface area contributed by atoms with E-state index >= 15 is 9.59 Å². The Morgan fingerprint density at radius 1 is 0.469 bits per heavy atom. The molecular formula is C58H60O2S4. The van der Waals surface area contributed by atoms with Crippen molar-refractivity contribution in [2.45, 2.75) is 150 Å². The maximum atomic E-state index is 15.5. The molecule has 0 amide bonds. The molecule has 2 nitrogen and oxygen atoms in total. The molecule has 0 N–H and O–H groups in total. The van der Waals surface area contributed by atoms with Gasteiger partial charge in [0.05, 0.1) is 0 Å². The van der Waals surface area contributed by atoms with E-state index in [1.807, 2.05) is 11.8 Å². The van der Waals surface area contributed by atoms with E-state index in [-0.39, 0.29) is 11.6 Å². The molecule has 0 bridgehead atoms. The van der Waals surface area contributed by atoms with Gasteiger partial charge in [-0.2, -0.15) is 0 Å². The van der Waals surface area contributed by atoms with Crippen LogP contribution in [0.25, 0.3) is 11.1 Å². The van der Waals surface area contributed by atoms with Gasteiger partial charge in [-0.1, -0.05) is 147 Å². The molecule has 64 heavy (non-hydrogen) atoms. The first-order chi connectivity index (χ1) is 31.2. The van der Waals surface area contributed by atoms with E-state index in [1.54, 1.807) is 35.3 Å². The zero-order chi connectivity index (χ0) is 44.2. The van der Waals surface area contributed by atoms with Crippen LogP contribution in [0.4, 0.5) is 0 Å². The lowest BCUT2D eigenvalue weighted by atomic mass is 9.77. The molecular weight excluding hydrogens is 857 g/mol. The van der Waals surface area contributed by atoms with Crippen LogP contribution in [0.3, 0.4) is 0 Å². The number of rotatable bonds is 14. The smallest absolute Gasteiger partial charge is 0.196 e. The van der Waals surface area contributed by atoms with E-state index in [2.05, 4.69) is 149 Å². The summed E-state index contributed by atoms with van der Waals surface area (Å²) in [7, 11) is 0. The van der Waals surface area contributed by atoms with Crippen LogP contribution in [0.15, 0.2) is 156 Å². The minimum Gasteiger partial charge on any atom is -0.288 e. The standard InChI is InChI=1S/C58H60O2S4/c1-5-6-7-8-40-15-17-41(18-16-40)42-19-21-43(22-20-42)44-23-31-48(32-24-44)64-52-36-35-51(63-47-29-13-39(4)14-30-47)55-56(52)58(60)54-50(62-46-27-11-38(3)12-28-46)34-33-49(53(54)57(55)59)61-45-25-9-37(2)10-26-45/h9-10,13-14,19-26,29-36,38,40-41,46H,5-8,11-12,15-18,27-28H2,1-4H3. The van der Waals surface area contributed by atoms with Gasteiger partial charge in [-0.25, -0.2) is 0 Å². The van der Waals surface area contributed by atoms with Crippen molar-refractivity contribution >= 4 is 58.6 Å². The Kier molecular flexibility index (Phi) is 14.6. The van der Waals surface area contributed by atoms with Gasteiger partial charge in [-0.3, -0.25) is 9.59 Å². The van der Waals surface area contributed by atoms with Crippen molar-refractivity contribution in [1.82, 2.24) is 0 Å². The first-order valence-corrected chi connectivity index (χ1v) is 27.0. The molecule has 3 aliphatic rings. The van der Waals surface area contributed by atoms with Crippen molar-refractivity contribution in [2.24, 2.45) is 11.8 Å². The Morgan fingerprint density at radius 3 is 1.36 bits per heavy atom. The Labute approximate surface area is 399 Å². The van der Waals surface area contributed by atoms with Crippen molar-refractivity contribution in [2.75, 3.05) is 0 Å². The minimum atomic E-state index is -0.0604. The second-order valence-electron chi connectivity index (χ2n) is 18.6. The number of hydrogen-bond donors (Lipinski definition) is 0. The molecule has 0 saturated heterocycles. The van der Waals surface area contributed by atoms with E-state index in [0.717, 1.165) is 58.9 Å². The minimum absolute atomic E-state index is 0.0434. The summed E-state index contributed by atoms with van der Waals surface area (Å²) >= 11 is 6.55. The summed E-state index contributed by atoms with van der Waals surface area (Å²) in [5, 5.41) is 0.423. The maximum Gasteiger partial charge on any atom is 0.196 e. The Hall–Kier alpha value is -3.94. The molecule has 0 unspecified atom stereocenters. The number of aryl methyl sites for hydroxylation is 2. The Bertz CT molecular complexity index is 2580. The van der Waals surface area contributed by atoms with Crippen LogP contribution in [-0.2, 0) is 0 Å². The average Bonchev–Trinajstić information content (AvgIpc) is 3.32. The monoisotopic (exact) mass is 916 g/mol. The van der Waals surface area contributed by atoms with Gasteiger partial charge < -0.3 is 0 Å². The quantitative estimate of drug-likeness (QED) is 0.101. The molecule has 6 heteroatoms. The molecule has 0 atom stereocenters. The summed E-state index contributed by atoms with van der Waals surface area (Å²) in [5.74, 6) is 2.22. The molecule has 2 fully saturated rings. The molecule has 0 heterocycles. The fourth-order valence-electron chi connectivity index (χ4n) is 9.89. The second kappa shape index (κ2) is 20.7. The van der Waals surface area contributed by atoms with Gasteiger partial charge in [0.1, 0.15) is 0 Å². The first-order valence-electron chi connectivity index (χ1n) is 23.7. The van der Waals surface area contributed by atoms with Gasteiger partial charge in [-0.15, -0.1) is 11.8 Å². The van der Waals surface area contributed by atoms with E-state index in [0.29, 0.717) is 33.4 Å². The largest absolute Gasteiger partial charge is 0.288 e. The molecule has 6 aromatic carbocycles. The van der Waals surface area contributed by atoms with Crippen molar-refractivity contribution in [3.05, 3.63) is 160 Å². The number of hydrogen-bond acceptors (Lipinski definition) is 6. The SMILES string of the molecule is CCCCCC1CCC(c2ccc(-c3ccc(Sc4ccc(Sc5ccc(C)cc5)c5c4C(=O)c4c(SC6CCC(C)CC6)ccc(Sc6ccc(C)cc6)c4C5=O)cc3)cc2)CC1. The van der Waals surface area contributed by atoms with Gasteiger partial charge >= 0.3 is 0 Å². The third-order valence-corrected chi connectivity index (χ3v) is 18.4. The van der Waals surface area contributed by atoms with Crippen molar-refractivity contribution in [1.29, 1.82) is 0 Å². The average molecular weight is 917 g/mol. The fourth-order valence-corrected chi connectivity index (χ4v) is 14.1. The highest BCUT2D eigenvalue weighted by Gasteiger charge is 2.39. The molecule has 0 radical (unpaired) electrons. The van der Waals surface area contributed by atoms with Crippen LogP contribution in [0.2, 0.25) is 0 Å². The molecule has 6 aromatic rings. The van der Waals surface area contributed by atoms with E-state index in [1.165, 1.54) is 92.0 Å². The lowest BCUT2D eigenvalue weighted by Gasteiger charge is -2.29. The lowest BCUT2D eigenvalue weighted by molar-refractivity contribution is 0.0970. The maximum absolute atomic E-state index is 15.5. The Morgan fingerprint density at radius 2 is 0.891 bits per heavy atom. The normalized spacial score (nSPS) is 19.6. The second-order valence-corrected chi connectivity index (χ2v) is 23.3. The molecule has 9 rings (SSSR count). The number of carbonyl (C=O) groups is 2. The van der Waals surface area contributed by atoms with Crippen molar-refractivity contribution < 1.29 is 9.59 Å². The van der Waals surface area contributed by atoms with Crippen LogP contribution < -0.4 is 0 Å². The number of fused-ring (bicyclic) bond motifs is 2. The van der Waals surface area contributed by atoms with Crippen molar-refractivity contribution in [3.8, 4) is 11.1 Å². The van der Waals surface area contributed by atoms with E-state index in [4.69, 9.17) is 0 Å². The van der Waals surface area contributed by atoms with Gasteiger partial charge in [0, 0.05) is 61.8 Å². The van der Waals surface area contributed by atoms with Crippen LogP contribution in [0, 0.1) is 25.7 Å². The summed E-state index contributed by atoms with van der Waals surface area (Å²) < 4.78 is 0. The zero-order valence-electron chi connectivity index (χ0n) is 37.8. The van der Waals surface area contributed by atoms with Crippen LogP contribution >= 0.6 is 47.0 Å². The number of ketones is 2. The van der Waals surface area contributed by atoms with E-state index in [9.17, 15) is 0 Å². The highest BCUT2D eigenvalue weighted by molar-refractivity contribution is 8.00. The van der Waals surface area contributed by atoms with E-state index < -0.39 is 0 Å². The lowest BCUT2D eigenvalue weighted by Crippen LogP contribution is -2.25. The first kappa shape index (κ1) is 45.2. The molecule has 3 aliphatic carbocycles. The van der Waals surface area contributed by atoms with Crippen LogP contribution in [0.1, 0.15) is 145 Å². The fraction of sp³-hybridized carbons (Fsp3) is 0.345. The predicted octanol–water partition coefficient (Wildman–Crippen LogP) is 17.7. The topological polar surface area (TPSA) is 34.1 Å². The molecule has 328 valence electrons. The summed E-state index contributed by atoms with van der Waals surface area (Å²) in [5.41, 5.74) is 8.44. The van der Waals surface area contributed by atoms with Gasteiger partial charge in [0.25, 0.3) is 0 Å². The summed E-state index contributed by atoms with van der Waals surface area (Å²) in [6.45, 7) is 8.81. The number of unbranched alkanes of at least 4 members (excludes halogenated alkanes) is 2. The summed E-state index contributed by atoms with van der Waals surface area (Å²) in [4.78, 5) is 37.5. The zero-order valence-corrected chi connectivity index (χ0v) is 41.1. The van der Waals surface area contributed by atoms with Gasteiger partial charge in [-0.05, 0) is 160 Å². The molecule has 0 aromatic heterocycles. The highest BCUT2D eigenvalue weighted by atomic mass is 32.2. The molecule has 0 spiro atoms. The summed E-state index contributed by atoms with van der Waals surface area (Å²) in [6, 6.07) is 43.2. The Balaban J connectivity index is 1.03. The number of thioether (sulfide) groups is 1. The highest BCUT2D eigenvalue weighted by Crippen LogP contribution is 2.49. The van der Waals surface area contributed by atoms with Crippen molar-refractivity contribution in [3.63, 3.8) is 0 Å².